The zero-order valence-corrected chi connectivity index (χ0v) is 10.3. The number of carbonyl (C=O) groups is 1. The zero-order chi connectivity index (χ0) is 12.8. The summed E-state index contributed by atoms with van der Waals surface area (Å²) < 4.78 is 0. The van der Waals surface area contributed by atoms with Crippen LogP contribution in [0.25, 0.3) is 0 Å². The average molecular weight is 259 g/mol. The molecule has 0 saturated carbocycles. The Morgan fingerprint density at radius 3 is 2.06 bits per heavy atom. The number of anilines is 1. The molecule has 4 heteroatoms. The van der Waals surface area contributed by atoms with Gasteiger partial charge in [-0.2, -0.15) is 5.10 Å². The van der Waals surface area contributed by atoms with Gasteiger partial charge in [-0.05, 0) is 23.7 Å². The maximum Gasteiger partial charge on any atom is 0.273 e. The highest BCUT2D eigenvalue weighted by Gasteiger charge is 2.10. The van der Waals surface area contributed by atoms with Gasteiger partial charge in [0.2, 0.25) is 0 Å². The molecular formula is C14H11ClN2O. The maximum absolute atomic E-state index is 11.4. The summed E-state index contributed by atoms with van der Waals surface area (Å²) in [7, 11) is 0. The van der Waals surface area contributed by atoms with Gasteiger partial charge in [0.15, 0.2) is 0 Å². The molecule has 0 fully saturated rings. The second-order valence-electron chi connectivity index (χ2n) is 3.58. The van der Waals surface area contributed by atoms with Gasteiger partial charge in [-0.15, -0.1) is 0 Å². The Balaban J connectivity index is 2.24. The van der Waals surface area contributed by atoms with E-state index in [4.69, 9.17) is 11.6 Å². The lowest BCUT2D eigenvalue weighted by atomic mass is 10.1. The van der Waals surface area contributed by atoms with Crippen molar-refractivity contribution >= 4 is 28.2 Å². The van der Waals surface area contributed by atoms with Crippen molar-refractivity contribution in [3.05, 3.63) is 66.2 Å². The Bertz CT molecular complexity index is 553. The Kier molecular flexibility index (Phi) is 4.10. The van der Waals surface area contributed by atoms with Crippen molar-refractivity contribution in [3.8, 4) is 0 Å². The van der Waals surface area contributed by atoms with Crippen LogP contribution in [0.15, 0.2) is 65.8 Å². The van der Waals surface area contributed by atoms with Crippen LogP contribution in [0, 0.1) is 0 Å². The van der Waals surface area contributed by atoms with Gasteiger partial charge in [-0.25, -0.2) is 0 Å². The maximum atomic E-state index is 11.4. The number of hydrogen-bond acceptors (Lipinski definition) is 3. The first-order valence-corrected chi connectivity index (χ1v) is 5.79. The molecule has 1 N–H and O–H groups in total. The van der Waals surface area contributed by atoms with E-state index >= 15 is 0 Å². The molecule has 2 aromatic rings. The molecule has 2 rings (SSSR count). The third-order valence-corrected chi connectivity index (χ3v) is 2.48. The Morgan fingerprint density at radius 1 is 0.944 bits per heavy atom. The van der Waals surface area contributed by atoms with Crippen LogP contribution in [0.4, 0.5) is 5.69 Å². The molecule has 2 aromatic carbocycles. The van der Waals surface area contributed by atoms with Gasteiger partial charge < -0.3 is 0 Å². The number of nitrogens with one attached hydrogen (secondary N) is 1. The Morgan fingerprint density at radius 2 is 1.50 bits per heavy atom. The van der Waals surface area contributed by atoms with Crippen molar-refractivity contribution in [2.45, 2.75) is 0 Å². The van der Waals surface area contributed by atoms with Crippen LogP contribution in [0.1, 0.15) is 5.56 Å². The minimum Gasteiger partial charge on any atom is -0.278 e. The van der Waals surface area contributed by atoms with Crippen LogP contribution in [0.2, 0.25) is 0 Å². The lowest BCUT2D eigenvalue weighted by molar-refractivity contribution is -0.106. The number of hydrogen-bond donors (Lipinski definition) is 1. The van der Waals surface area contributed by atoms with Crippen LogP contribution in [0.3, 0.4) is 0 Å². The number of halogens is 1. The van der Waals surface area contributed by atoms with E-state index in [0.29, 0.717) is 5.56 Å². The van der Waals surface area contributed by atoms with E-state index in [1.165, 1.54) is 0 Å². The van der Waals surface area contributed by atoms with E-state index in [9.17, 15) is 4.79 Å². The molecule has 0 heterocycles. The summed E-state index contributed by atoms with van der Waals surface area (Å²) in [5.74, 6) is 0. The molecular weight excluding hydrogens is 248 g/mol. The lowest BCUT2D eigenvalue weighted by Gasteiger charge is -2.03. The van der Waals surface area contributed by atoms with Crippen molar-refractivity contribution in [3.63, 3.8) is 0 Å². The summed E-state index contributed by atoms with van der Waals surface area (Å²) in [5.41, 5.74) is 4.48. The molecule has 0 spiro atoms. The molecule has 90 valence electrons. The fourth-order valence-electron chi connectivity index (χ4n) is 1.45. The average Bonchev–Trinajstić information content (AvgIpc) is 2.41. The van der Waals surface area contributed by atoms with E-state index in [1.807, 2.05) is 48.5 Å². The summed E-state index contributed by atoms with van der Waals surface area (Å²) in [6.45, 7) is 0. The van der Waals surface area contributed by atoms with Gasteiger partial charge in [0.05, 0.1) is 5.69 Å². The summed E-state index contributed by atoms with van der Waals surface area (Å²) in [6, 6.07) is 18.4. The molecule has 0 saturated heterocycles. The SMILES string of the molecule is O=C(Cl)/C(=N\Nc1ccccc1)c1ccccc1. The highest BCUT2D eigenvalue weighted by Crippen LogP contribution is 2.08. The van der Waals surface area contributed by atoms with Gasteiger partial charge in [-0.3, -0.25) is 10.2 Å². The van der Waals surface area contributed by atoms with Gasteiger partial charge in [0, 0.05) is 5.56 Å². The first-order chi connectivity index (χ1) is 8.77. The van der Waals surface area contributed by atoms with Crippen LogP contribution in [-0.2, 0) is 4.79 Å². The van der Waals surface area contributed by atoms with E-state index in [2.05, 4.69) is 10.5 Å². The molecule has 3 nitrogen and oxygen atoms in total. The fourth-order valence-corrected chi connectivity index (χ4v) is 1.60. The largest absolute Gasteiger partial charge is 0.278 e. The molecule has 0 aliphatic carbocycles. The van der Waals surface area contributed by atoms with Gasteiger partial charge in [-0.1, -0.05) is 48.5 Å². The second kappa shape index (κ2) is 5.98. The number of benzene rings is 2. The Hall–Kier alpha value is -2.13. The molecule has 0 amide bonds. The number of carbonyl (C=O) groups excluding carboxylic acids is 1. The molecule has 0 aliphatic rings. The number of nitrogens with zero attached hydrogens (tertiary/aromatic N) is 1. The second-order valence-corrected chi connectivity index (χ2v) is 3.92. The number of hydrazone groups is 1. The molecule has 0 bridgehead atoms. The lowest BCUT2D eigenvalue weighted by Crippen LogP contribution is -2.11. The summed E-state index contributed by atoms with van der Waals surface area (Å²) >= 11 is 5.53. The van der Waals surface area contributed by atoms with Gasteiger partial charge in [0.25, 0.3) is 5.24 Å². The smallest absolute Gasteiger partial charge is 0.273 e. The molecule has 0 unspecified atom stereocenters. The monoisotopic (exact) mass is 258 g/mol. The molecule has 0 aromatic heterocycles. The van der Waals surface area contributed by atoms with Crippen LogP contribution < -0.4 is 5.43 Å². The highest BCUT2D eigenvalue weighted by molar-refractivity contribution is 6.84. The quantitative estimate of drug-likeness (QED) is 0.520. The zero-order valence-electron chi connectivity index (χ0n) is 9.51. The fraction of sp³-hybridized carbons (Fsp3) is 0. The molecule has 0 aliphatic heterocycles. The van der Waals surface area contributed by atoms with Crippen molar-refractivity contribution in [2.75, 3.05) is 5.43 Å². The minimum absolute atomic E-state index is 0.195. The third-order valence-electron chi connectivity index (χ3n) is 2.30. The van der Waals surface area contributed by atoms with Crippen molar-refractivity contribution < 1.29 is 4.79 Å². The highest BCUT2D eigenvalue weighted by atomic mass is 35.5. The first-order valence-electron chi connectivity index (χ1n) is 5.41. The summed E-state index contributed by atoms with van der Waals surface area (Å²) in [6.07, 6.45) is 0. The molecule has 0 atom stereocenters. The van der Waals surface area contributed by atoms with E-state index in [1.54, 1.807) is 12.1 Å². The first kappa shape index (κ1) is 12.3. The van der Waals surface area contributed by atoms with E-state index < -0.39 is 5.24 Å². The van der Waals surface area contributed by atoms with Gasteiger partial charge in [0.1, 0.15) is 5.71 Å². The van der Waals surface area contributed by atoms with Crippen molar-refractivity contribution in [2.24, 2.45) is 5.10 Å². The summed E-state index contributed by atoms with van der Waals surface area (Å²) in [4.78, 5) is 11.4. The predicted molar refractivity (Wildman–Crippen MR) is 73.9 cm³/mol. The van der Waals surface area contributed by atoms with Crippen molar-refractivity contribution in [1.29, 1.82) is 0 Å². The van der Waals surface area contributed by atoms with Crippen LogP contribution in [-0.4, -0.2) is 11.0 Å². The van der Waals surface area contributed by atoms with Gasteiger partial charge >= 0.3 is 0 Å². The van der Waals surface area contributed by atoms with E-state index in [0.717, 1.165) is 5.69 Å². The summed E-state index contributed by atoms with van der Waals surface area (Å²) in [5, 5.41) is 3.46. The van der Waals surface area contributed by atoms with Crippen LogP contribution >= 0.6 is 11.6 Å². The standard InChI is InChI=1S/C14H11ClN2O/c15-14(18)13(11-7-3-1-4-8-11)17-16-12-9-5-2-6-10-12/h1-10,16H/b17-13-. The molecule has 0 radical (unpaired) electrons. The number of para-hydroxylation sites is 1. The van der Waals surface area contributed by atoms with Crippen molar-refractivity contribution in [1.82, 2.24) is 0 Å². The Labute approximate surface area is 110 Å². The predicted octanol–water partition coefficient (Wildman–Crippen LogP) is 3.27. The number of rotatable bonds is 4. The minimum atomic E-state index is -0.593. The third kappa shape index (κ3) is 3.18. The molecule has 18 heavy (non-hydrogen) atoms. The normalized spacial score (nSPS) is 11.1. The topological polar surface area (TPSA) is 41.5 Å². The van der Waals surface area contributed by atoms with Crippen LogP contribution in [0.5, 0.6) is 0 Å². The van der Waals surface area contributed by atoms with E-state index in [-0.39, 0.29) is 5.71 Å².